The summed E-state index contributed by atoms with van der Waals surface area (Å²) in [6.07, 6.45) is 0. The normalized spacial score (nSPS) is 17.3. The second-order valence-electron chi connectivity index (χ2n) is 7.78. The van der Waals surface area contributed by atoms with Gasteiger partial charge < -0.3 is 14.3 Å². The van der Waals surface area contributed by atoms with Crippen LogP contribution >= 0.6 is 31.5 Å². The molecule has 0 radical (unpaired) electrons. The van der Waals surface area contributed by atoms with Gasteiger partial charge >= 0.3 is 8.25 Å². The van der Waals surface area contributed by atoms with Gasteiger partial charge in [-0.25, -0.2) is 13.0 Å². The molecule has 0 saturated carbocycles. The van der Waals surface area contributed by atoms with Crippen LogP contribution in [0.25, 0.3) is 0 Å². The Balaban J connectivity index is 1.64. The summed E-state index contributed by atoms with van der Waals surface area (Å²) >= 11 is 12.7. The monoisotopic (exact) mass is 526 g/mol. The molecule has 174 valence electrons. The number of benzene rings is 3. The molecule has 0 spiro atoms. The minimum Gasteiger partial charge on any atom is -0.426 e. The fourth-order valence-electron chi connectivity index (χ4n) is 3.93. The summed E-state index contributed by atoms with van der Waals surface area (Å²) in [4.78, 5) is 11.1. The summed E-state index contributed by atoms with van der Waals surface area (Å²) in [5.41, 5.74) is 3.11. The van der Waals surface area contributed by atoms with Crippen LogP contribution in [0.15, 0.2) is 65.6 Å². The van der Waals surface area contributed by atoms with Crippen LogP contribution in [0, 0.1) is 0 Å². The number of halogens is 2. The Morgan fingerprint density at radius 2 is 1.85 bits per heavy atom. The molecule has 2 N–H and O–H groups in total. The second-order valence-corrected chi connectivity index (χ2v) is 11.0. The highest BCUT2D eigenvalue weighted by Gasteiger charge is 2.28. The Hall–Kier alpha value is -2.06. The predicted molar refractivity (Wildman–Crippen MR) is 130 cm³/mol. The molecular weight excluding hydrogens is 506 g/mol. The van der Waals surface area contributed by atoms with Crippen LogP contribution in [0.2, 0.25) is 10.0 Å². The van der Waals surface area contributed by atoms with Gasteiger partial charge in [0.05, 0.1) is 4.90 Å². The van der Waals surface area contributed by atoms with E-state index in [9.17, 15) is 13.0 Å². The molecule has 0 saturated heterocycles. The zero-order chi connectivity index (χ0) is 23.8. The molecule has 2 unspecified atom stereocenters. The summed E-state index contributed by atoms with van der Waals surface area (Å²) in [7, 11) is -5.02. The van der Waals surface area contributed by atoms with E-state index in [1.54, 1.807) is 18.2 Å². The lowest BCUT2D eigenvalue weighted by Gasteiger charge is -2.33. The van der Waals surface area contributed by atoms with E-state index in [-0.39, 0.29) is 16.6 Å². The van der Waals surface area contributed by atoms with Crippen molar-refractivity contribution >= 4 is 47.2 Å². The SMILES string of the molecule is CN1Cc2c(Cl)cc(Cl)cc2C(c2cccc(S(=O)(=O)Nc3ccc(O[PH](=O)O)cc3)c2)C1. The number of nitrogens with zero attached hydrogens (tertiary/aromatic N) is 1. The third-order valence-electron chi connectivity index (χ3n) is 5.37. The van der Waals surface area contributed by atoms with E-state index in [0.717, 1.165) is 16.7 Å². The number of hydrogen-bond donors (Lipinski definition) is 2. The molecule has 0 bridgehead atoms. The molecular formula is C22H21Cl2N2O5PS. The van der Waals surface area contributed by atoms with Gasteiger partial charge in [0.25, 0.3) is 10.0 Å². The zero-order valence-electron chi connectivity index (χ0n) is 17.5. The molecule has 3 aromatic carbocycles. The molecule has 1 aliphatic heterocycles. The number of hydrogen-bond acceptors (Lipinski definition) is 5. The van der Waals surface area contributed by atoms with Gasteiger partial charge in [0.2, 0.25) is 0 Å². The van der Waals surface area contributed by atoms with Gasteiger partial charge in [0, 0.05) is 34.7 Å². The molecule has 0 fully saturated rings. The van der Waals surface area contributed by atoms with Gasteiger partial charge in [-0.3, -0.25) is 4.72 Å². The van der Waals surface area contributed by atoms with Gasteiger partial charge in [-0.15, -0.1) is 0 Å². The standard InChI is InChI=1S/C22H21Cl2N2O5PS/c1-26-12-20(19-10-15(23)11-22(24)21(19)13-26)14-3-2-4-18(9-14)33(29,30)25-16-5-7-17(8-6-16)31-32(27)28/h2-11,20,25,32H,12-13H2,1H3,(H,27,28). The maximum Gasteiger partial charge on any atom is 0.365 e. The Labute approximate surface area is 202 Å². The number of fused-ring (bicyclic) bond motifs is 1. The van der Waals surface area contributed by atoms with E-state index in [0.29, 0.717) is 28.8 Å². The van der Waals surface area contributed by atoms with Crippen molar-refractivity contribution in [3.05, 3.63) is 87.4 Å². The lowest BCUT2D eigenvalue weighted by molar-refractivity contribution is 0.295. The van der Waals surface area contributed by atoms with Gasteiger partial charge in [-0.05, 0) is 72.3 Å². The minimum atomic E-state index is -3.88. The van der Waals surface area contributed by atoms with Gasteiger partial charge in [0.1, 0.15) is 5.75 Å². The van der Waals surface area contributed by atoms with Crippen molar-refractivity contribution in [3.63, 3.8) is 0 Å². The Morgan fingerprint density at radius 3 is 2.55 bits per heavy atom. The van der Waals surface area contributed by atoms with Gasteiger partial charge in [-0.2, -0.15) is 0 Å². The van der Waals surface area contributed by atoms with E-state index in [1.165, 1.54) is 30.3 Å². The highest BCUT2D eigenvalue weighted by molar-refractivity contribution is 7.92. The minimum absolute atomic E-state index is 0.0943. The van der Waals surface area contributed by atoms with Crippen LogP contribution in [-0.2, 0) is 21.1 Å². The molecule has 3 aromatic rings. The zero-order valence-corrected chi connectivity index (χ0v) is 20.8. The Kier molecular flexibility index (Phi) is 7.05. The van der Waals surface area contributed by atoms with Crippen LogP contribution < -0.4 is 9.25 Å². The quantitative estimate of drug-likeness (QED) is 0.432. The molecule has 1 aliphatic rings. The lowest BCUT2D eigenvalue weighted by Crippen LogP contribution is -2.31. The van der Waals surface area contributed by atoms with E-state index < -0.39 is 18.3 Å². The number of rotatable bonds is 6. The highest BCUT2D eigenvalue weighted by Crippen LogP contribution is 2.39. The average molecular weight is 527 g/mol. The maximum absolute atomic E-state index is 13.0. The fraction of sp³-hybridized carbons (Fsp3) is 0.182. The van der Waals surface area contributed by atoms with Gasteiger partial charge in [-0.1, -0.05) is 35.3 Å². The molecule has 33 heavy (non-hydrogen) atoms. The van der Waals surface area contributed by atoms with Crippen molar-refractivity contribution in [2.75, 3.05) is 18.3 Å². The fourth-order valence-corrected chi connectivity index (χ4v) is 5.95. The smallest absolute Gasteiger partial charge is 0.365 e. The average Bonchev–Trinajstić information content (AvgIpc) is 2.75. The van der Waals surface area contributed by atoms with Crippen LogP contribution in [-0.4, -0.2) is 31.8 Å². The van der Waals surface area contributed by atoms with Crippen molar-refractivity contribution < 1.29 is 22.4 Å². The maximum atomic E-state index is 13.0. The van der Waals surface area contributed by atoms with Gasteiger partial charge in [0.15, 0.2) is 0 Å². The third-order valence-corrected chi connectivity index (χ3v) is 7.72. The molecule has 1 heterocycles. The number of likely N-dealkylation sites (N-methyl/N-ethyl adjacent to an activating group) is 1. The summed E-state index contributed by atoms with van der Waals surface area (Å²) < 4.78 is 44.1. The van der Waals surface area contributed by atoms with Crippen LogP contribution in [0.1, 0.15) is 22.6 Å². The molecule has 0 aliphatic carbocycles. The van der Waals surface area contributed by atoms with Crippen molar-refractivity contribution in [2.24, 2.45) is 0 Å². The van der Waals surface area contributed by atoms with Crippen molar-refractivity contribution in [3.8, 4) is 5.75 Å². The number of anilines is 1. The molecule has 2 atom stereocenters. The number of sulfonamides is 1. The van der Waals surface area contributed by atoms with Crippen molar-refractivity contribution in [1.29, 1.82) is 0 Å². The molecule has 0 amide bonds. The Morgan fingerprint density at radius 1 is 1.12 bits per heavy atom. The molecule has 4 rings (SSSR count). The van der Waals surface area contributed by atoms with E-state index in [2.05, 4.69) is 9.62 Å². The first-order valence-corrected chi connectivity index (χ1v) is 13.4. The van der Waals surface area contributed by atoms with E-state index >= 15 is 0 Å². The summed E-state index contributed by atoms with van der Waals surface area (Å²) in [5, 5.41) is 1.14. The van der Waals surface area contributed by atoms with Crippen LogP contribution in [0.5, 0.6) is 5.75 Å². The first-order chi connectivity index (χ1) is 15.6. The molecule has 0 aromatic heterocycles. The highest BCUT2D eigenvalue weighted by atomic mass is 35.5. The summed E-state index contributed by atoms with van der Waals surface area (Å²) in [6.45, 7) is 1.38. The van der Waals surface area contributed by atoms with Crippen molar-refractivity contribution in [2.45, 2.75) is 17.4 Å². The van der Waals surface area contributed by atoms with E-state index in [4.69, 9.17) is 32.6 Å². The van der Waals surface area contributed by atoms with Crippen molar-refractivity contribution in [1.82, 2.24) is 4.90 Å². The Bertz CT molecular complexity index is 1320. The first-order valence-electron chi connectivity index (χ1n) is 9.92. The first kappa shape index (κ1) is 24.1. The lowest BCUT2D eigenvalue weighted by atomic mass is 9.85. The topological polar surface area (TPSA) is 95.9 Å². The molecule has 11 heteroatoms. The predicted octanol–water partition coefficient (Wildman–Crippen LogP) is 5.13. The summed E-state index contributed by atoms with van der Waals surface area (Å²) in [5.74, 6) is 0.0758. The van der Waals surface area contributed by atoms with E-state index in [1.807, 2.05) is 19.2 Å². The summed E-state index contributed by atoms with van der Waals surface area (Å²) in [6, 6.07) is 16.1. The molecule has 7 nitrogen and oxygen atoms in total. The number of nitrogens with one attached hydrogen (secondary N) is 1. The third kappa shape index (κ3) is 5.54. The van der Waals surface area contributed by atoms with Crippen LogP contribution in [0.3, 0.4) is 0 Å². The largest absolute Gasteiger partial charge is 0.426 e. The second kappa shape index (κ2) is 9.66. The van der Waals surface area contributed by atoms with Crippen LogP contribution in [0.4, 0.5) is 5.69 Å².